The van der Waals surface area contributed by atoms with Crippen LogP contribution < -0.4 is 15.8 Å². The second-order valence-corrected chi connectivity index (χ2v) is 6.03. The molecular weight excluding hydrogens is 268 g/mol. The van der Waals surface area contributed by atoms with Gasteiger partial charge in [0.2, 0.25) is 0 Å². The van der Waals surface area contributed by atoms with E-state index in [1.165, 1.54) is 5.56 Å². The van der Waals surface area contributed by atoms with Crippen LogP contribution >= 0.6 is 0 Å². The Morgan fingerprint density at radius 1 is 1.29 bits per heavy atom. The molecule has 1 amide bonds. The Balaban J connectivity index is 2.27. The van der Waals surface area contributed by atoms with Gasteiger partial charge in [-0.05, 0) is 51.3 Å². The molecule has 0 spiro atoms. The number of hydrogen-bond donors (Lipinski definition) is 2. The van der Waals surface area contributed by atoms with E-state index >= 15 is 0 Å². The van der Waals surface area contributed by atoms with Gasteiger partial charge in [0.1, 0.15) is 11.4 Å². The molecule has 0 aliphatic heterocycles. The summed E-state index contributed by atoms with van der Waals surface area (Å²) < 4.78 is 10.3. The average molecular weight is 294 g/mol. The third kappa shape index (κ3) is 7.56. The number of methoxy groups -OCH3 is 1. The molecule has 1 aromatic carbocycles. The van der Waals surface area contributed by atoms with Crippen LogP contribution in [0.2, 0.25) is 0 Å². The Hall–Kier alpha value is -1.75. The summed E-state index contributed by atoms with van der Waals surface area (Å²) in [5.41, 5.74) is 6.70. The zero-order valence-electron chi connectivity index (χ0n) is 13.3. The van der Waals surface area contributed by atoms with Gasteiger partial charge in [-0.25, -0.2) is 4.79 Å². The van der Waals surface area contributed by atoms with Crippen molar-refractivity contribution in [3.63, 3.8) is 0 Å². The predicted molar refractivity (Wildman–Crippen MR) is 83.5 cm³/mol. The molecule has 5 nitrogen and oxygen atoms in total. The zero-order valence-corrected chi connectivity index (χ0v) is 13.3. The van der Waals surface area contributed by atoms with Gasteiger partial charge in [-0.1, -0.05) is 12.1 Å². The standard InChI is InChI=1S/C16H26N2O3/c1-16(2,3)21-15(19)18-11-13(17)8-5-12-6-9-14(20-4)10-7-12/h6-7,9-10,13H,5,8,11,17H2,1-4H3,(H,18,19). The first-order chi connectivity index (χ1) is 9.80. The number of carbonyl (C=O) groups is 1. The first-order valence-corrected chi connectivity index (χ1v) is 7.15. The normalized spacial score (nSPS) is 12.6. The molecule has 0 aliphatic rings. The lowest BCUT2D eigenvalue weighted by Gasteiger charge is -2.20. The Morgan fingerprint density at radius 3 is 2.43 bits per heavy atom. The van der Waals surface area contributed by atoms with E-state index in [-0.39, 0.29) is 6.04 Å². The van der Waals surface area contributed by atoms with E-state index in [0.717, 1.165) is 18.6 Å². The summed E-state index contributed by atoms with van der Waals surface area (Å²) >= 11 is 0. The third-order valence-corrected chi connectivity index (χ3v) is 2.87. The highest BCUT2D eigenvalue weighted by Crippen LogP contribution is 2.13. The molecule has 1 unspecified atom stereocenters. The molecule has 0 fully saturated rings. The maximum absolute atomic E-state index is 11.5. The summed E-state index contributed by atoms with van der Waals surface area (Å²) in [5, 5.41) is 2.69. The fourth-order valence-corrected chi connectivity index (χ4v) is 1.77. The van der Waals surface area contributed by atoms with E-state index in [9.17, 15) is 4.79 Å². The van der Waals surface area contributed by atoms with Crippen LogP contribution in [0.25, 0.3) is 0 Å². The number of hydrogen-bond acceptors (Lipinski definition) is 4. The van der Waals surface area contributed by atoms with E-state index in [1.807, 2.05) is 45.0 Å². The molecule has 1 aromatic rings. The van der Waals surface area contributed by atoms with Gasteiger partial charge in [0.25, 0.3) is 0 Å². The van der Waals surface area contributed by atoms with Crippen LogP contribution in [-0.2, 0) is 11.2 Å². The monoisotopic (exact) mass is 294 g/mol. The topological polar surface area (TPSA) is 73.6 Å². The summed E-state index contributed by atoms with van der Waals surface area (Å²) in [6, 6.07) is 7.80. The fraction of sp³-hybridized carbons (Fsp3) is 0.562. The minimum atomic E-state index is -0.489. The predicted octanol–water partition coefficient (Wildman–Crippen LogP) is 2.48. The number of nitrogens with one attached hydrogen (secondary N) is 1. The fourth-order valence-electron chi connectivity index (χ4n) is 1.77. The molecule has 0 radical (unpaired) electrons. The molecule has 0 heterocycles. The second kappa shape index (κ2) is 7.88. The van der Waals surface area contributed by atoms with E-state index in [4.69, 9.17) is 15.2 Å². The molecule has 3 N–H and O–H groups in total. The number of nitrogens with two attached hydrogens (primary N) is 1. The van der Waals surface area contributed by atoms with Crippen molar-refractivity contribution in [3.05, 3.63) is 29.8 Å². The summed E-state index contributed by atoms with van der Waals surface area (Å²) in [6.45, 7) is 5.90. The van der Waals surface area contributed by atoms with Crippen LogP contribution in [0.5, 0.6) is 5.75 Å². The van der Waals surface area contributed by atoms with Crippen LogP contribution in [0, 0.1) is 0 Å². The van der Waals surface area contributed by atoms with E-state index in [0.29, 0.717) is 6.54 Å². The second-order valence-electron chi connectivity index (χ2n) is 6.03. The lowest BCUT2D eigenvalue weighted by molar-refractivity contribution is 0.0524. The molecule has 1 rings (SSSR count). The van der Waals surface area contributed by atoms with Gasteiger partial charge in [-0.2, -0.15) is 0 Å². The number of benzene rings is 1. The van der Waals surface area contributed by atoms with Gasteiger partial charge < -0.3 is 20.5 Å². The Bertz CT molecular complexity index is 438. The summed E-state index contributed by atoms with van der Waals surface area (Å²) in [7, 11) is 1.65. The van der Waals surface area contributed by atoms with Crippen molar-refractivity contribution in [2.45, 2.75) is 45.3 Å². The maximum Gasteiger partial charge on any atom is 0.407 e. The lowest BCUT2D eigenvalue weighted by atomic mass is 10.1. The van der Waals surface area contributed by atoms with E-state index < -0.39 is 11.7 Å². The van der Waals surface area contributed by atoms with Crippen LogP contribution in [0.15, 0.2) is 24.3 Å². The first-order valence-electron chi connectivity index (χ1n) is 7.15. The third-order valence-electron chi connectivity index (χ3n) is 2.87. The van der Waals surface area contributed by atoms with Crippen molar-refractivity contribution < 1.29 is 14.3 Å². The van der Waals surface area contributed by atoms with Gasteiger partial charge >= 0.3 is 6.09 Å². The number of alkyl carbamates (subject to hydrolysis) is 1. The van der Waals surface area contributed by atoms with Crippen LogP contribution in [0.4, 0.5) is 4.79 Å². The van der Waals surface area contributed by atoms with Crippen molar-refractivity contribution in [1.82, 2.24) is 5.32 Å². The van der Waals surface area contributed by atoms with Crippen LogP contribution in [-0.4, -0.2) is 31.4 Å². The van der Waals surface area contributed by atoms with E-state index in [2.05, 4.69) is 5.32 Å². The quantitative estimate of drug-likeness (QED) is 0.845. The lowest BCUT2D eigenvalue weighted by Crippen LogP contribution is -2.40. The van der Waals surface area contributed by atoms with Crippen LogP contribution in [0.3, 0.4) is 0 Å². The molecule has 1 atom stereocenters. The molecule has 0 aliphatic carbocycles. The number of carbonyl (C=O) groups excluding carboxylic acids is 1. The molecule has 0 aromatic heterocycles. The first kappa shape index (κ1) is 17.3. The Morgan fingerprint density at radius 2 is 1.90 bits per heavy atom. The molecule has 5 heteroatoms. The minimum absolute atomic E-state index is 0.0976. The van der Waals surface area contributed by atoms with Gasteiger partial charge in [0.15, 0.2) is 0 Å². The zero-order chi connectivity index (χ0) is 15.9. The van der Waals surface area contributed by atoms with Crippen molar-refractivity contribution in [1.29, 1.82) is 0 Å². The average Bonchev–Trinajstić information content (AvgIpc) is 2.41. The van der Waals surface area contributed by atoms with Crippen molar-refractivity contribution in [2.75, 3.05) is 13.7 Å². The smallest absolute Gasteiger partial charge is 0.407 e. The van der Waals surface area contributed by atoms with Gasteiger partial charge in [0.05, 0.1) is 7.11 Å². The number of rotatable bonds is 6. The molecular formula is C16H26N2O3. The molecule has 0 saturated heterocycles. The number of ether oxygens (including phenoxy) is 2. The van der Waals surface area contributed by atoms with Gasteiger partial charge in [-0.3, -0.25) is 0 Å². The molecule has 0 bridgehead atoms. The van der Waals surface area contributed by atoms with Crippen molar-refractivity contribution in [2.24, 2.45) is 5.73 Å². The molecule has 0 saturated carbocycles. The highest BCUT2D eigenvalue weighted by atomic mass is 16.6. The van der Waals surface area contributed by atoms with Crippen LogP contribution in [0.1, 0.15) is 32.8 Å². The number of aryl methyl sites for hydroxylation is 1. The summed E-state index contributed by atoms with van der Waals surface area (Å²) in [5.74, 6) is 0.842. The largest absolute Gasteiger partial charge is 0.497 e. The Labute approximate surface area is 126 Å². The van der Waals surface area contributed by atoms with Crippen molar-refractivity contribution in [3.8, 4) is 5.75 Å². The number of amides is 1. The molecule has 118 valence electrons. The van der Waals surface area contributed by atoms with Gasteiger partial charge in [-0.15, -0.1) is 0 Å². The van der Waals surface area contributed by atoms with Crippen molar-refractivity contribution >= 4 is 6.09 Å². The molecule has 21 heavy (non-hydrogen) atoms. The SMILES string of the molecule is COc1ccc(CCC(N)CNC(=O)OC(C)(C)C)cc1. The highest BCUT2D eigenvalue weighted by molar-refractivity contribution is 5.67. The van der Waals surface area contributed by atoms with E-state index in [1.54, 1.807) is 7.11 Å². The maximum atomic E-state index is 11.5. The Kier molecular flexibility index (Phi) is 6.49. The highest BCUT2D eigenvalue weighted by Gasteiger charge is 2.16. The van der Waals surface area contributed by atoms with Gasteiger partial charge in [0, 0.05) is 12.6 Å². The summed E-state index contributed by atoms with van der Waals surface area (Å²) in [4.78, 5) is 11.5. The summed E-state index contributed by atoms with van der Waals surface area (Å²) in [6.07, 6.45) is 1.23. The minimum Gasteiger partial charge on any atom is -0.497 e.